The van der Waals surface area contributed by atoms with Crippen LogP contribution in [0.2, 0.25) is 0 Å². The lowest BCUT2D eigenvalue weighted by molar-refractivity contribution is 0.100. The number of hydrogen-bond donors (Lipinski definition) is 3. The third kappa shape index (κ3) is 3.38. The van der Waals surface area contributed by atoms with E-state index in [0.29, 0.717) is 12.1 Å². The molecule has 0 aliphatic carbocycles. The molecule has 0 aliphatic rings. The highest BCUT2D eigenvalue weighted by Gasteiger charge is 2.10. The number of anilines is 1. The van der Waals surface area contributed by atoms with Crippen LogP contribution in [0.1, 0.15) is 21.6 Å². The SMILES string of the molecule is CN(C)Cc1ccc(C(N)=O)cc1NCc1[nH]nc2ccccc12. The van der Waals surface area contributed by atoms with Crippen molar-refractivity contribution in [2.45, 2.75) is 13.1 Å². The van der Waals surface area contributed by atoms with E-state index >= 15 is 0 Å². The summed E-state index contributed by atoms with van der Waals surface area (Å²) in [5.41, 5.74) is 9.85. The van der Waals surface area contributed by atoms with Crippen molar-refractivity contribution in [2.24, 2.45) is 5.73 Å². The van der Waals surface area contributed by atoms with Gasteiger partial charge in [-0.05, 0) is 37.9 Å². The van der Waals surface area contributed by atoms with E-state index in [9.17, 15) is 4.79 Å². The van der Waals surface area contributed by atoms with Crippen LogP contribution in [0, 0.1) is 0 Å². The molecule has 0 saturated heterocycles. The van der Waals surface area contributed by atoms with Crippen LogP contribution in [0.15, 0.2) is 42.5 Å². The maximum atomic E-state index is 11.5. The quantitative estimate of drug-likeness (QED) is 0.650. The van der Waals surface area contributed by atoms with Crippen molar-refractivity contribution >= 4 is 22.5 Å². The van der Waals surface area contributed by atoms with Gasteiger partial charge in [0.1, 0.15) is 0 Å². The predicted octanol–water partition coefficient (Wildman–Crippen LogP) is 2.34. The van der Waals surface area contributed by atoms with Crippen LogP contribution in [-0.4, -0.2) is 35.1 Å². The number of nitrogens with one attached hydrogen (secondary N) is 2. The van der Waals surface area contributed by atoms with Crippen LogP contribution in [0.3, 0.4) is 0 Å². The number of carbonyl (C=O) groups is 1. The lowest BCUT2D eigenvalue weighted by atomic mass is 10.1. The van der Waals surface area contributed by atoms with Crippen LogP contribution in [0.5, 0.6) is 0 Å². The van der Waals surface area contributed by atoms with Crippen molar-refractivity contribution in [3.05, 3.63) is 59.3 Å². The summed E-state index contributed by atoms with van der Waals surface area (Å²) in [7, 11) is 4.02. The van der Waals surface area contributed by atoms with Gasteiger partial charge in [0.25, 0.3) is 0 Å². The molecule has 0 saturated carbocycles. The summed E-state index contributed by atoms with van der Waals surface area (Å²) in [5.74, 6) is -0.429. The number of para-hydroxylation sites is 1. The molecule has 0 radical (unpaired) electrons. The first-order chi connectivity index (χ1) is 11.5. The van der Waals surface area contributed by atoms with Crippen molar-refractivity contribution in [3.63, 3.8) is 0 Å². The number of benzene rings is 2. The van der Waals surface area contributed by atoms with Crippen molar-refractivity contribution in [1.29, 1.82) is 0 Å². The van der Waals surface area contributed by atoms with Gasteiger partial charge in [0.05, 0.1) is 17.8 Å². The molecule has 0 spiro atoms. The van der Waals surface area contributed by atoms with Crippen LogP contribution < -0.4 is 11.1 Å². The Morgan fingerprint density at radius 3 is 2.79 bits per heavy atom. The standard InChI is InChI=1S/C18H21N5O/c1-23(2)11-13-8-7-12(18(19)24)9-16(13)20-10-17-14-5-3-4-6-15(14)21-22-17/h3-9,20H,10-11H2,1-2H3,(H2,19,24)(H,21,22). The van der Waals surface area contributed by atoms with Crippen molar-refractivity contribution in [3.8, 4) is 0 Å². The molecule has 1 heterocycles. The minimum Gasteiger partial charge on any atom is -0.379 e. The number of aromatic amines is 1. The largest absolute Gasteiger partial charge is 0.379 e. The third-order valence-electron chi connectivity index (χ3n) is 3.88. The first kappa shape index (κ1) is 16.0. The van der Waals surface area contributed by atoms with Gasteiger partial charge in [-0.15, -0.1) is 0 Å². The number of amides is 1. The average Bonchev–Trinajstić information content (AvgIpc) is 2.96. The normalized spacial score (nSPS) is 11.1. The first-order valence-electron chi connectivity index (χ1n) is 7.78. The molecule has 1 amide bonds. The van der Waals surface area contributed by atoms with Gasteiger partial charge in [0, 0.05) is 23.2 Å². The van der Waals surface area contributed by atoms with Crippen molar-refractivity contribution in [2.75, 3.05) is 19.4 Å². The second kappa shape index (κ2) is 6.72. The molecule has 24 heavy (non-hydrogen) atoms. The van der Waals surface area contributed by atoms with E-state index in [1.807, 2.05) is 44.4 Å². The molecule has 0 bridgehead atoms. The number of primary amides is 1. The molecular weight excluding hydrogens is 302 g/mol. The minimum atomic E-state index is -0.429. The number of fused-ring (bicyclic) bond motifs is 1. The van der Waals surface area contributed by atoms with Crippen LogP contribution in [0.25, 0.3) is 10.9 Å². The van der Waals surface area contributed by atoms with E-state index in [0.717, 1.165) is 34.4 Å². The van der Waals surface area contributed by atoms with Gasteiger partial charge in [0.15, 0.2) is 0 Å². The number of carbonyl (C=O) groups excluding carboxylic acids is 1. The van der Waals surface area contributed by atoms with E-state index in [1.165, 1.54) is 0 Å². The fourth-order valence-electron chi connectivity index (χ4n) is 2.71. The Balaban J connectivity index is 1.87. The fraction of sp³-hybridized carbons (Fsp3) is 0.222. The minimum absolute atomic E-state index is 0.429. The number of hydrogen-bond acceptors (Lipinski definition) is 4. The summed E-state index contributed by atoms with van der Waals surface area (Å²) in [6.07, 6.45) is 0. The molecule has 0 unspecified atom stereocenters. The molecule has 2 aromatic carbocycles. The molecule has 6 heteroatoms. The topological polar surface area (TPSA) is 87.0 Å². The number of rotatable bonds is 6. The number of H-pyrrole nitrogens is 1. The van der Waals surface area contributed by atoms with E-state index in [2.05, 4.69) is 20.4 Å². The maximum absolute atomic E-state index is 11.5. The molecule has 124 valence electrons. The zero-order valence-electron chi connectivity index (χ0n) is 13.8. The average molecular weight is 323 g/mol. The van der Waals surface area contributed by atoms with Gasteiger partial charge in [-0.25, -0.2) is 0 Å². The lowest BCUT2D eigenvalue weighted by Gasteiger charge is -2.16. The Hall–Kier alpha value is -2.86. The van der Waals surface area contributed by atoms with E-state index in [4.69, 9.17) is 5.73 Å². The molecule has 3 rings (SSSR count). The Bertz CT molecular complexity index is 869. The van der Waals surface area contributed by atoms with Gasteiger partial charge in [-0.3, -0.25) is 9.89 Å². The molecular formula is C18H21N5O. The smallest absolute Gasteiger partial charge is 0.248 e. The lowest BCUT2D eigenvalue weighted by Crippen LogP contribution is -2.15. The van der Waals surface area contributed by atoms with E-state index in [-0.39, 0.29) is 0 Å². The summed E-state index contributed by atoms with van der Waals surface area (Å²) >= 11 is 0. The van der Waals surface area contributed by atoms with Crippen LogP contribution >= 0.6 is 0 Å². The first-order valence-corrected chi connectivity index (χ1v) is 7.78. The van der Waals surface area contributed by atoms with Gasteiger partial charge in [-0.1, -0.05) is 24.3 Å². The molecule has 6 nitrogen and oxygen atoms in total. The highest BCUT2D eigenvalue weighted by Crippen LogP contribution is 2.22. The Labute approximate surface area is 140 Å². The molecule has 3 aromatic rings. The summed E-state index contributed by atoms with van der Waals surface area (Å²) in [5, 5.41) is 11.9. The fourth-order valence-corrected chi connectivity index (χ4v) is 2.71. The van der Waals surface area contributed by atoms with Crippen molar-refractivity contribution < 1.29 is 4.79 Å². The zero-order valence-corrected chi connectivity index (χ0v) is 13.8. The van der Waals surface area contributed by atoms with Crippen molar-refractivity contribution in [1.82, 2.24) is 15.1 Å². The Kier molecular flexibility index (Phi) is 4.48. The molecule has 1 aromatic heterocycles. The number of nitrogens with zero attached hydrogens (tertiary/aromatic N) is 2. The van der Waals surface area contributed by atoms with Gasteiger partial charge in [-0.2, -0.15) is 5.10 Å². The van der Waals surface area contributed by atoms with E-state index < -0.39 is 5.91 Å². The van der Waals surface area contributed by atoms with Gasteiger partial charge in [0.2, 0.25) is 5.91 Å². The molecule has 0 atom stereocenters. The number of nitrogens with two attached hydrogens (primary N) is 1. The summed E-state index contributed by atoms with van der Waals surface area (Å²) in [6, 6.07) is 13.5. The Morgan fingerprint density at radius 2 is 2.04 bits per heavy atom. The van der Waals surface area contributed by atoms with E-state index in [1.54, 1.807) is 12.1 Å². The molecule has 0 aliphatic heterocycles. The highest BCUT2D eigenvalue weighted by atomic mass is 16.1. The maximum Gasteiger partial charge on any atom is 0.248 e. The Morgan fingerprint density at radius 1 is 1.25 bits per heavy atom. The summed E-state index contributed by atoms with van der Waals surface area (Å²) in [4.78, 5) is 13.5. The summed E-state index contributed by atoms with van der Waals surface area (Å²) in [6.45, 7) is 1.36. The monoisotopic (exact) mass is 323 g/mol. The second-order valence-corrected chi connectivity index (χ2v) is 6.05. The zero-order chi connectivity index (χ0) is 17.1. The summed E-state index contributed by atoms with van der Waals surface area (Å²) < 4.78 is 0. The second-order valence-electron chi connectivity index (χ2n) is 6.05. The predicted molar refractivity (Wildman–Crippen MR) is 95.8 cm³/mol. The van der Waals surface area contributed by atoms with Crippen LogP contribution in [0.4, 0.5) is 5.69 Å². The third-order valence-corrected chi connectivity index (χ3v) is 3.88. The molecule has 0 fully saturated rings. The molecule has 4 N–H and O–H groups in total. The number of aromatic nitrogens is 2. The van der Waals surface area contributed by atoms with Gasteiger partial charge >= 0.3 is 0 Å². The highest BCUT2D eigenvalue weighted by molar-refractivity contribution is 5.94. The van der Waals surface area contributed by atoms with Crippen LogP contribution in [-0.2, 0) is 13.1 Å². The van der Waals surface area contributed by atoms with Gasteiger partial charge < -0.3 is 16.0 Å².